The number of para-hydroxylation sites is 2. The van der Waals surface area contributed by atoms with Crippen molar-refractivity contribution in [2.24, 2.45) is 5.92 Å². The number of hydrogen-bond acceptors (Lipinski definition) is 3. The molecule has 1 aromatic rings. The molecule has 0 aliphatic carbocycles. The van der Waals surface area contributed by atoms with Gasteiger partial charge in [-0.15, -0.1) is 0 Å². The fraction of sp³-hybridized carbons (Fsp3) is 0.562. The van der Waals surface area contributed by atoms with Crippen molar-refractivity contribution < 1.29 is 9.53 Å². The first-order valence-corrected chi connectivity index (χ1v) is 7.41. The van der Waals surface area contributed by atoms with Gasteiger partial charge >= 0.3 is 0 Å². The third-order valence-electron chi connectivity index (χ3n) is 3.40. The monoisotopic (exact) mass is 276 g/mol. The Kier molecular flexibility index (Phi) is 5.41. The molecule has 4 nitrogen and oxygen atoms in total. The zero-order valence-corrected chi connectivity index (χ0v) is 12.3. The van der Waals surface area contributed by atoms with Crippen molar-refractivity contribution in [3.63, 3.8) is 0 Å². The minimum Gasteiger partial charge on any atom is -0.489 e. The molecule has 1 fully saturated rings. The third kappa shape index (κ3) is 4.53. The van der Waals surface area contributed by atoms with Crippen molar-refractivity contribution in [1.29, 1.82) is 0 Å². The Bertz CT molecular complexity index is 440. The zero-order chi connectivity index (χ0) is 14.4. The zero-order valence-electron chi connectivity index (χ0n) is 12.3. The Morgan fingerprint density at radius 3 is 2.95 bits per heavy atom. The van der Waals surface area contributed by atoms with E-state index in [1.165, 1.54) is 0 Å². The van der Waals surface area contributed by atoms with Crippen LogP contribution in [0.5, 0.6) is 5.75 Å². The lowest BCUT2D eigenvalue weighted by Gasteiger charge is -2.22. The molecule has 1 unspecified atom stereocenters. The summed E-state index contributed by atoms with van der Waals surface area (Å²) in [7, 11) is 0. The molecule has 0 spiro atoms. The number of nitrogens with one attached hydrogen (secondary N) is 2. The van der Waals surface area contributed by atoms with E-state index in [-0.39, 0.29) is 12.0 Å². The molecule has 1 aromatic carbocycles. The number of hydrogen-bond donors (Lipinski definition) is 2. The van der Waals surface area contributed by atoms with E-state index in [9.17, 15) is 4.79 Å². The molecule has 1 atom stereocenters. The summed E-state index contributed by atoms with van der Waals surface area (Å²) in [5, 5.41) is 6.31. The molecule has 0 saturated carbocycles. The summed E-state index contributed by atoms with van der Waals surface area (Å²) in [4.78, 5) is 12.1. The van der Waals surface area contributed by atoms with Gasteiger partial charge in [-0.05, 0) is 57.8 Å². The van der Waals surface area contributed by atoms with Gasteiger partial charge in [-0.2, -0.15) is 0 Å². The van der Waals surface area contributed by atoms with E-state index in [0.717, 1.165) is 37.4 Å². The van der Waals surface area contributed by atoms with Crippen LogP contribution in [0.3, 0.4) is 0 Å². The highest BCUT2D eigenvalue weighted by molar-refractivity contribution is 5.92. The molecule has 0 radical (unpaired) electrons. The van der Waals surface area contributed by atoms with Crippen molar-refractivity contribution in [3.8, 4) is 5.75 Å². The van der Waals surface area contributed by atoms with Gasteiger partial charge in [0.2, 0.25) is 5.91 Å². The molecule has 110 valence electrons. The van der Waals surface area contributed by atoms with Crippen LogP contribution in [-0.4, -0.2) is 25.1 Å². The van der Waals surface area contributed by atoms with Crippen molar-refractivity contribution in [2.45, 2.75) is 39.2 Å². The van der Waals surface area contributed by atoms with Crippen molar-refractivity contribution in [1.82, 2.24) is 5.32 Å². The Balaban J connectivity index is 1.93. The summed E-state index contributed by atoms with van der Waals surface area (Å²) in [6, 6.07) is 7.59. The van der Waals surface area contributed by atoms with Crippen LogP contribution in [0.25, 0.3) is 0 Å². The Labute approximate surface area is 120 Å². The molecule has 1 amide bonds. The summed E-state index contributed by atoms with van der Waals surface area (Å²) in [5.41, 5.74) is 0.759. The Morgan fingerprint density at radius 2 is 2.25 bits per heavy atom. The van der Waals surface area contributed by atoms with Gasteiger partial charge in [-0.25, -0.2) is 0 Å². The lowest BCUT2D eigenvalue weighted by atomic mass is 9.96. The lowest BCUT2D eigenvalue weighted by Crippen LogP contribution is -2.32. The number of rotatable bonds is 5. The molecule has 20 heavy (non-hydrogen) atoms. The second-order valence-corrected chi connectivity index (χ2v) is 5.63. The van der Waals surface area contributed by atoms with E-state index in [4.69, 9.17) is 4.74 Å². The second kappa shape index (κ2) is 7.29. The predicted molar refractivity (Wildman–Crippen MR) is 81.0 cm³/mol. The number of benzene rings is 1. The lowest BCUT2D eigenvalue weighted by molar-refractivity contribution is -0.117. The van der Waals surface area contributed by atoms with Gasteiger partial charge in [-0.3, -0.25) is 4.79 Å². The molecule has 4 heteroatoms. The highest BCUT2D eigenvalue weighted by Gasteiger charge is 2.17. The molecule has 0 aromatic heterocycles. The molecular formula is C16H24N2O2. The SMILES string of the molecule is CC(C)Oc1ccccc1NC(=O)CC1CCCNC1. The third-order valence-corrected chi connectivity index (χ3v) is 3.40. The molecule has 1 heterocycles. The van der Waals surface area contributed by atoms with Crippen LogP contribution in [0.4, 0.5) is 5.69 Å². The van der Waals surface area contributed by atoms with E-state index < -0.39 is 0 Å². The van der Waals surface area contributed by atoms with Crippen LogP contribution >= 0.6 is 0 Å². The van der Waals surface area contributed by atoms with Gasteiger partial charge in [0.15, 0.2) is 0 Å². The minimum atomic E-state index is 0.0681. The van der Waals surface area contributed by atoms with Crippen LogP contribution in [0.2, 0.25) is 0 Å². The average Bonchev–Trinajstić information content (AvgIpc) is 2.41. The molecular weight excluding hydrogens is 252 g/mol. The van der Waals surface area contributed by atoms with Crippen LogP contribution in [0.15, 0.2) is 24.3 Å². The van der Waals surface area contributed by atoms with Gasteiger partial charge in [-0.1, -0.05) is 12.1 Å². The topological polar surface area (TPSA) is 50.4 Å². The van der Waals surface area contributed by atoms with E-state index in [0.29, 0.717) is 12.3 Å². The first-order chi connectivity index (χ1) is 9.65. The highest BCUT2D eigenvalue weighted by atomic mass is 16.5. The normalized spacial score (nSPS) is 18.9. The van der Waals surface area contributed by atoms with Crippen molar-refractivity contribution in [3.05, 3.63) is 24.3 Å². The first kappa shape index (κ1) is 14.9. The molecule has 0 bridgehead atoms. The fourth-order valence-electron chi connectivity index (χ4n) is 2.49. The summed E-state index contributed by atoms with van der Waals surface area (Å²) in [6.45, 7) is 5.97. The average molecular weight is 276 g/mol. The van der Waals surface area contributed by atoms with E-state index in [1.807, 2.05) is 38.1 Å². The molecule has 1 saturated heterocycles. The van der Waals surface area contributed by atoms with Crippen molar-refractivity contribution >= 4 is 11.6 Å². The van der Waals surface area contributed by atoms with Gasteiger partial charge < -0.3 is 15.4 Å². The number of carbonyl (C=O) groups is 1. The van der Waals surface area contributed by atoms with Crippen LogP contribution in [0, 0.1) is 5.92 Å². The van der Waals surface area contributed by atoms with Crippen LogP contribution in [0.1, 0.15) is 33.1 Å². The van der Waals surface area contributed by atoms with Crippen LogP contribution in [-0.2, 0) is 4.79 Å². The summed E-state index contributed by atoms with van der Waals surface area (Å²) in [6.07, 6.45) is 2.95. The fourth-order valence-corrected chi connectivity index (χ4v) is 2.49. The van der Waals surface area contributed by atoms with Gasteiger partial charge in [0.1, 0.15) is 5.75 Å². The summed E-state index contributed by atoms with van der Waals surface area (Å²) in [5.74, 6) is 1.25. The standard InChI is InChI=1S/C16H24N2O2/c1-12(2)20-15-8-4-3-7-14(15)18-16(19)10-13-6-5-9-17-11-13/h3-4,7-8,12-13,17H,5-6,9-11H2,1-2H3,(H,18,19). The molecule has 1 aliphatic heterocycles. The number of anilines is 1. The number of ether oxygens (including phenoxy) is 1. The van der Waals surface area contributed by atoms with E-state index >= 15 is 0 Å². The molecule has 2 N–H and O–H groups in total. The number of carbonyl (C=O) groups excluding carboxylic acids is 1. The van der Waals surface area contributed by atoms with Gasteiger partial charge in [0.05, 0.1) is 11.8 Å². The van der Waals surface area contributed by atoms with Crippen LogP contribution < -0.4 is 15.4 Å². The van der Waals surface area contributed by atoms with Gasteiger partial charge in [0, 0.05) is 6.42 Å². The maximum atomic E-state index is 12.1. The predicted octanol–water partition coefficient (Wildman–Crippen LogP) is 2.80. The van der Waals surface area contributed by atoms with E-state index in [2.05, 4.69) is 10.6 Å². The smallest absolute Gasteiger partial charge is 0.224 e. The summed E-state index contributed by atoms with van der Waals surface area (Å²) >= 11 is 0. The van der Waals surface area contributed by atoms with Gasteiger partial charge in [0.25, 0.3) is 0 Å². The maximum Gasteiger partial charge on any atom is 0.224 e. The number of amides is 1. The largest absolute Gasteiger partial charge is 0.489 e. The first-order valence-electron chi connectivity index (χ1n) is 7.41. The Hall–Kier alpha value is -1.55. The highest BCUT2D eigenvalue weighted by Crippen LogP contribution is 2.25. The summed E-state index contributed by atoms with van der Waals surface area (Å²) < 4.78 is 5.71. The maximum absolute atomic E-state index is 12.1. The minimum absolute atomic E-state index is 0.0681. The van der Waals surface area contributed by atoms with E-state index in [1.54, 1.807) is 0 Å². The van der Waals surface area contributed by atoms with Crippen molar-refractivity contribution in [2.75, 3.05) is 18.4 Å². The Morgan fingerprint density at radius 1 is 1.45 bits per heavy atom. The second-order valence-electron chi connectivity index (χ2n) is 5.63. The number of piperidine rings is 1. The molecule has 2 rings (SSSR count). The quantitative estimate of drug-likeness (QED) is 0.869. The molecule has 1 aliphatic rings.